The van der Waals surface area contributed by atoms with Crippen LogP contribution in [0.5, 0.6) is 0 Å². The van der Waals surface area contributed by atoms with E-state index in [2.05, 4.69) is 17.4 Å². The summed E-state index contributed by atoms with van der Waals surface area (Å²) in [6.07, 6.45) is 0.955. The zero-order chi connectivity index (χ0) is 11.4. The highest BCUT2D eigenvalue weighted by Crippen LogP contribution is 2.26. The lowest BCUT2D eigenvalue weighted by Crippen LogP contribution is -2.36. The second-order valence-corrected chi connectivity index (χ2v) is 5.04. The molecule has 2 N–H and O–H groups in total. The van der Waals surface area contributed by atoms with Gasteiger partial charge < -0.3 is 10.4 Å². The molecule has 2 atom stereocenters. The van der Waals surface area contributed by atoms with Crippen molar-refractivity contribution in [3.05, 3.63) is 30.3 Å². The third-order valence-corrected chi connectivity index (χ3v) is 4.02. The Morgan fingerprint density at radius 3 is 2.88 bits per heavy atom. The van der Waals surface area contributed by atoms with Crippen LogP contribution < -0.4 is 5.32 Å². The summed E-state index contributed by atoms with van der Waals surface area (Å²) < 4.78 is 0. The van der Waals surface area contributed by atoms with Gasteiger partial charge in [-0.2, -0.15) is 0 Å². The van der Waals surface area contributed by atoms with Gasteiger partial charge in [-0.05, 0) is 31.0 Å². The summed E-state index contributed by atoms with van der Waals surface area (Å²) in [4.78, 5) is 12.2. The summed E-state index contributed by atoms with van der Waals surface area (Å²) in [7, 11) is 0. The van der Waals surface area contributed by atoms with Crippen LogP contribution in [0.15, 0.2) is 35.2 Å². The maximum absolute atomic E-state index is 11.0. The van der Waals surface area contributed by atoms with Crippen LogP contribution in [0.1, 0.15) is 6.42 Å². The van der Waals surface area contributed by atoms with Crippen LogP contribution in [0.25, 0.3) is 0 Å². The van der Waals surface area contributed by atoms with Crippen molar-refractivity contribution in [1.29, 1.82) is 0 Å². The first-order valence-electron chi connectivity index (χ1n) is 5.41. The first-order valence-corrected chi connectivity index (χ1v) is 6.40. The Kier molecular flexibility index (Phi) is 3.85. The van der Waals surface area contributed by atoms with Crippen molar-refractivity contribution in [3.63, 3.8) is 0 Å². The highest BCUT2D eigenvalue weighted by molar-refractivity contribution is 7.99. The minimum atomic E-state index is -0.726. The van der Waals surface area contributed by atoms with Crippen LogP contribution >= 0.6 is 11.8 Å². The molecular weight excluding hydrogens is 222 g/mol. The van der Waals surface area contributed by atoms with Crippen LogP contribution in [0.2, 0.25) is 0 Å². The Morgan fingerprint density at radius 1 is 1.44 bits per heavy atom. The van der Waals surface area contributed by atoms with Gasteiger partial charge in [-0.3, -0.25) is 4.79 Å². The SMILES string of the molecule is O=C(O)C1NCCC1CSc1ccccc1. The number of thioether (sulfide) groups is 1. The molecule has 1 aromatic rings. The molecule has 1 saturated heterocycles. The van der Waals surface area contributed by atoms with Gasteiger partial charge in [-0.1, -0.05) is 18.2 Å². The molecule has 1 aliphatic heterocycles. The van der Waals surface area contributed by atoms with Gasteiger partial charge in [-0.25, -0.2) is 0 Å². The number of carboxylic acids is 1. The summed E-state index contributed by atoms with van der Waals surface area (Å²) in [5, 5.41) is 12.0. The van der Waals surface area contributed by atoms with E-state index < -0.39 is 5.97 Å². The Bertz CT molecular complexity index is 355. The standard InChI is InChI=1S/C12H15NO2S/c14-12(15)11-9(6-7-13-11)8-16-10-4-2-1-3-5-10/h1-5,9,11,13H,6-8H2,(H,14,15). The Hall–Kier alpha value is -1.00. The summed E-state index contributed by atoms with van der Waals surface area (Å²) >= 11 is 1.74. The van der Waals surface area contributed by atoms with Crippen LogP contribution in [0.3, 0.4) is 0 Å². The molecule has 0 saturated carbocycles. The minimum absolute atomic E-state index is 0.239. The van der Waals surface area contributed by atoms with E-state index in [4.69, 9.17) is 5.11 Å². The average Bonchev–Trinajstić information content (AvgIpc) is 2.76. The molecule has 0 amide bonds. The van der Waals surface area contributed by atoms with Gasteiger partial charge in [-0.15, -0.1) is 11.8 Å². The van der Waals surface area contributed by atoms with Gasteiger partial charge in [0.2, 0.25) is 0 Å². The van der Waals surface area contributed by atoms with E-state index >= 15 is 0 Å². The van der Waals surface area contributed by atoms with Crippen molar-refractivity contribution in [3.8, 4) is 0 Å². The zero-order valence-electron chi connectivity index (χ0n) is 8.93. The molecule has 0 bridgehead atoms. The van der Waals surface area contributed by atoms with Crippen LogP contribution in [0, 0.1) is 5.92 Å². The number of carboxylic acid groups (broad SMARTS) is 1. The van der Waals surface area contributed by atoms with Crippen LogP contribution in [0.4, 0.5) is 0 Å². The van der Waals surface area contributed by atoms with Crippen molar-refractivity contribution in [1.82, 2.24) is 5.32 Å². The van der Waals surface area contributed by atoms with Crippen LogP contribution in [-0.2, 0) is 4.79 Å². The molecule has 1 heterocycles. The Labute approximate surface area is 99.2 Å². The number of benzene rings is 1. The van der Waals surface area contributed by atoms with Gasteiger partial charge in [0, 0.05) is 10.6 Å². The number of aliphatic carboxylic acids is 1. The normalized spacial score (nSPS) is 24.5. The van der Waals surface area contributed by atoms with Crippen molar-refractivity contribution in [2.24, 2.45) is 5.92 Å². The highest BCUT2D eigenvalue weighted by Gasteiger charge is 2.32. The largest absolute Gasteiger partial charge is 0.480 e. The number of hydrogen-bond acceptors (Lipinski definition) is 3. The van der Waals surface area contributed by atoms with Gasteiger partial charge in [0.15, 0.2) is 0 Å². The predicted molar refractivity (Wildman–Crippen MR) is 64.7 cm³/mol. The van der Waals surface area contributed by atoms with Crippen molar-refractivity contribution < 1.29 is 9.90 Å². The van der Waals surface area contributed by atoms with E-state index in [0.717, 1.165) is 18.7 Å². The second kappa shape index (κ2) is 5.37. The molecule has 1 fully saturated rings. The molecule has 1 aromatic carbocycles. The maximum Gasteiger partial charge on any atom is 0.321 e. The first-order chi connectivity index (χ1) is 7.77. The smallest absolute Gasteiger partial charge is 0.321 e. The quantitative estimate of drug-likeness (QED) is 0.785. The van der Waals surface area contributed by atoms with E-state index in [1.54, 1.807) is 11.8 Å². The maximum atomic E-state index is 11.0. The Balaban J connectivity index is 1.88. The number of carbonyl (C=O) groups is 1. The molecule has 0 aliphatic carbocycles. The van der Waals surface area contributed by atoms with E-state index in [-0.39, 0.29) is 12.0 Å². The number of rotatable bonds is 4. The molecule has 16 heavy (non-hydrogen) atoms. The third kappa shape index (κ3) is 2.77. The lowest BCUT2D eigenvalue weighted by atomic mass is 10.0. The van der Waals surface area contributed by atoms with E-state index in [9.17, 15) is 4.79 Å². The lowest BCUT2D eigenvalue weighted by molar-refractivity contribution is -0.139. The Morgan fingerprint density at radius 2 is 2.19 bits per heavy atom. The second-order valence-electron chi connectivity index (χ2n) is 3.94. The first kappa shape index (κ1) is 11.5. The fourth-order valence-electron chi connectivity index (χ4n) is 1.95. The van der Waals surface area contributed by atoms with Crippen molar-refractivity contribution in [2.75, 3.05) is 12.3 Å². The molecular formula is C12H15NO2S. The monoisotopic (exact) mass is 237 g/mol. The minimum Gasteiger partial charge on any atom is -0.480 e. The molecule has 86 valence electrons. The fourth-order valence-corrected chi connectivity index (χ4v) is 3.06. The molecule has 3 nitrogen and oxygen atoms in total. The average molecular weight is 237 g/mol. The number of hydrogen-bond donors (Lipinski definition) is 2. The lowest BCUT2D eigenvalue weighted by Gasteiger charge is -2.14. The van der Waals surface area contributed by atoms with Gasteiger partial charge >= 0.3 is 5.97 Å². The summed E-state index contributed by atoms with van der Waals surface area (Å²) in [5.41, 5.74) is 0. The molecule has 0 aromatic heterocycles. The predicted octanol–water partition coefficient (Wildman–Crippen LogP) is 1.84. The summed E-state index contributed by atoms with van der Waals surface area (Å²) in [6, 6.07) is 9.75. The molecule has 2 unspecified atom stereocenters. The molecule has 1 aliphatic rings. The molecule has 0 radical (unpaired) electrons. The third-order valence-electron chi connectivity index (χ3n) is 2.82. The van der Waals surface area contributed by atoms with Crippen molar-refractivity contribution in [2.45, 2.75) is 17.4 Å². The van der Waals surface area contributed by atoms with Crippen molar-refractivity contribution >= 4 is 17.7 Å². The summed E-state index contributed by atoms with van der Waals surface area (Å²) in [6.45, 7) is 0.816. The van der Waals surface area contributed by atoms with Gasteiger partial charge in [0.1, 0.15) is 6.04 Å². The molecule has 0 spiro atoms. The fraction of sp³-hybridized carbons (Fsp3) is 0.417. The molecule has 2 rings (SSSR count). The van der Waals surface area contributed by atoms with Gasteiger partial charge in [0.25, 0.3) is 0 Å². The topological polar surface area (TPSA) is 49.3 Å². The van der Waals surface area contributed by atoms with E-state index in [1.807, 2.05) is 18.2 Å². The highest BCUT2D eigenvalue weighted by atomic mass is 32.2. The summed E-state index contributed by atoms with van der Waals surface area (Å²) in [5.74, 6) is 0.382. The molecule has 4 heteroatoms. The number of nitrogens with one attached hydrogen (secondary N) is 1. The van der Waals surface area contributed by atoms with E-state index in [0.29, 0.717) is 0 Å². The van der Waals surface area contributed by atoms with E-state index in [1.165, 1.54) is 4.90 Å². The van der Waals surface area contributed by atoms with Crippen LogP contribution in [-0.4, -0.2) is 29.4 Å². The van der Waals surface area contributed by atoms with Gasteiger partial charge in [0.05, 0.1) is 0 Å². The zero-order valence-corrected chi connectivity index (χ0v) is 9.74.